The minimum Gasteiger partial charge on any atom is -0.374 e. The van der Waals surface area contributed by atoms with E-state index in [0.717, 1.165) is 0 Å². The zero-order chi connectivity index (χ0) is 10.4. The zero-order valence-electron chi connectivity index (χ0n) is 9.88. The Morgan fingerprint density at radius 2 is 1.71 bits per heavy atom. The Morgan fingerprint density at radius 1 is 1.07 bits per heavy atom. The maximum atomic E-state index is 5.97. The van der Waals surface area contributed by atoms with Gasteiger partial charge in [0.1, 0.15) is 0 Å². The van der Waals surface area contributed by atoms with Gasteiger partial charge >= 0.3 is 0 Å². The SMILES string of the molecule is CN[C@H]1CCCCCC[C@H]1OC(C)C. The van der Waals surface area contributed by atoms with Crippen LogP contribution >= 0.6 is 0 Å². The summed E-state index contributed by atoms with van der Waals surface area (Å²) in [6, 6.07) is 0.567. The summed E-state index contributed by atoms with van der Waals surface area (Å²) in [5.41, 5.74) is 0. The molecule has 2 atom stereocenters. The Labute approximate surface area is 88.4 Å². The predicted molar refractivity (Wildman–Crippen MR) is 60.6 cm³/mol. The zero-order valence-corrected chi connectivity index (χ0v) is 9.88. The summed E-state index contributed by atoms with van der Waals surface area (Å²) < 4.78 is 5.97. The van der Waals surface area contributed by atoms with E-state index in [9.17, 15) is 0 Å². The van der Waals surface area contributed by atoms with E-state index in [2.05, 4.69) is 26.2 Å². The Hall–Kier alpha value is -0.0800. The van der Waals surface area contributed by atoms with Crippen LogP contribution in [0.1, 0.15) is 52.4 Å². The fourth-order valence-electron chi connectivity index (χ4n) is 2.29. The van der Waals surface area contributed by atoms with Crippen LogP contribution in [0, 0.1) is 0 Å². The molecule has 1 fully saturated rings. The second-order valence-corrected chi connectivity index (χ2v) is 4.61. The molecule has 0 aromatic carbocycles. The molecule has 1 rings (SSSR count). The minimum absolute atomic E-state index is 0.357. The lowest BCUT2D eigenvalue weighted by atomic mass is 9.94. The lowest BCUT2D eigenvalue weighted by Crippen LogP contribution is -2.41. The quantitative estimate of drug-likeness (QED) is 0.754. The summed E-state index contributed by atoms with van der Waals surface area (Å²) in [6.45, 7) is 4.26. The van der Waals surface area contributed by atoms with Crippen molar-refractivity contribution >= 4 is 0 Å². The monoisotopic (exact) mass is 199 g/mol. The Morgan fingerprint density at radius 3 is 2.29 bits per heavy atom. The lowest BCUT2D eigenvalue weighted by Gasteiger charge is -2.30. The number of rotatable bonds is 3. The summed E-state index contributed by atoms with van der Waals surface area (Å²) in [7, 11) is 2.06. The van der Waals surface area contributed by atoms with E-state index < -0.39 is 0 Å². The van der Waals surface area contributed by atoms with Gasteiger partial charge in [0.2, 0.25) is 0 Å². The van der Waals surface area contributed by atoms with Crippen molar-refractivity contribution in [3.05, 3.63) is 0 Å². The van der Waals surface area contributed by atoms with Crippen LogP contribution in [0.5, 0.6) is 0 Å². The first kappa shape index (κ1) is 12.0. The predicted octanol–water partition coefficient (Wildman–Crippen LogP) is 2.72. The average Bonchev–Trinajstić information content (AvgIpc) is 2.10. The van der Waals surface area contributed by atoms with Crippen LogP contribution in [-0.4, -0.2) is 25.3 Å². The number of nitrogens with one attached hydrogen (secondary N) is 1. The number of hydrogen-bond donors (Lipinski definition) is 1. The third kappa shape index (κ3) is 3.97. The van der Waals surface area contributed by atoms with Crippen LogP contribution < -0.4 is 5.32 Å². The van der Waals surface area contributed by atoms with Crippen molar-refractivity contribution in [2.75, 3.05) is 7.05 Å². The molecule has 0 heterocycles. The van der Waals surface area contributed by atoms with Gasteiger partial charge in [0.15, 0.2) is 0 Å². The molecule has 0 bridgehead atoms. The molecule has 2 nitrogen and oxygen atoms in total. The topological polar surface area (TPSA) is 21.3 Å². The molecule has 14 heavy (non-hydrogen) atoms. The first-order valence-corrected chi connectivity index (χ1v) is 6.06. The molecule has 0 saturated heterocycles. The van der Waals surface area contributed by atoms with Gasteiger partial charge in [-0.1, -0.05) is 25.7 Å². The number of ether oxygens (including phenoxy) is 1. The van der Waals surface area contributed by atoms with Crippen molar-refractivity contribution in [1.29, 1.82) is 0 Å². The molecule has 1 aliphatic rings. The van der Waals surface area contributed by atoms with Crippen molar-refractivity contribution in [2.24, 2.45) is 0 Å². The van der Waals surface area contributed by atoms with Crippen LogP contribution in [0.25, 0.3) is 0 Å². The van der Waals surface area contributed by atoms with Crippen molar-refractivity contribution < 1.29 is 4.74 Å². The molecule has 84 valence electrons. The minimum atomic E-state index is 0.357. The van der Waals surface area contributed by atoms with Gasteiger partial charge < -0.3 is 10.1 Å². The maximum absolute atomic E-state index is 5.97. The van der Waals surface area contributed by atoms with Gasteiger partial charge in [-0.2, -0.15) is 0 Å². The standard InChI is InChI=1S/C12H25NO/c1-10(2)14-12-9-7-5-4-6-8-11(12)13-3/h10-13H,4-9H2,1-3H3/t11-,12+/m0/s1. The summed E-state index contributed by atoms with van der Waals surface area (Å²) in [5, 5.41) is 3.40. The van der Waals surface area contributed by atoms with E-state index in [4.69, 9.17) is 4.74 Å². The molecular weight excluding hydrogens is 174 g/mol. The Bertz CT molecular complexity index is 147. The van der Waals surface area contributed by atoms with Crippen LogP contribution in [0.4, 0.5) is 0 Å². The smallest absolute Gasteiger partial charge is 0.0731 e. The highest BCUT2D eigenvalue weighted by molar-refractivity contribution is 4.78. The van der Waals surface area contributed by atoms with Gasteiger partial charge in [-0.3, -0.25) is 0 Å². The molecule has 0 aromatic heterocycles. The molecule has 0 aromatic rings. The molecule has 1 saturated carbocycles. The fraction of sp³-hybridized carbons (Fsp3) is 1.00. The van der Waals surface area contributed by atoms with Crippen LogP contribution in [0.3, 0.4) is 0 Å². The van der Waals surface area contributed by atoms with Crippen LogP contribution in [0.15, 0.2) is 0 Å². The highest BCUT2D eigenvalue weighted by Gasteiger charge is 2.22. The third-order valence-electron chi connectivity index (χ3n) is 3.02. The van der Waals surface area contributed by atoms with Crippen molar-refractivity contribution in [1.82, 2.24) is 5.32 Å². The summed E-state index contributed by atoms with van der Waals surface area (Å²) >= 11 is 0. The van der Waals surface area contributed by atoms with Gasteiger partial charge in [0, 0.05) is 6.04 Å². The lowest BCUT2D eigenvalue weighted by molar-refractivity contribution is -0.0225. The third-order valence-corrected chi connectivity index (χ3v) is 3.02. The largest absolute Gasteiger partial charge is 0.374 e. The molecule has 0 unspecified atom stereocenters. The highest BCUT2D eigenvalue weighted by atomic mass is 16.5. The van der Waals surface area contributed by atoms with E-state index in [-0.39, 0.29) is 0 Å². The van der Waals surface area contributed by atoms with E-state index in [0.29, 0.717) is 18.2 Å². The second-order valence-electron chi connectivity index (χ2n) is 4.61. The molecule has 0 spiro atoms. The average molecular weight is 199 g/mol. The Kier molecular flexibility index (Phi) is 5.49. The first-order chi connectivity index (χ1) is 6.74. The van der Waals surface area contributed by atoms with Gasteiger partial charge in [0.25, 0.3) is 0 Å². The van der Waals surface area contributed by atoms with Crippen LogP contribution in [0.2, 0.25) is 0 Å². The number of hydrogen-bond acceptors (Lipinski definition) is 2. The van der Waals surface area contributed by atoms with E-state index >= 15 is 0 Å². The van der Waals surface area contributed by atoms with Gasteiger partial charge in [-0.25, -0.2) is 0 Å². The summed E-state index contributed by atoms with van der Waals surface area (Å²) in [6.07, 6.45) is 8.74. The summed E-state index contributed by atoms with van der Waals surface area (Å²) in [4.78, 5) is 0. The molecule has 1 aliphatic carbocycles. The maximum Gasteiger partial charge on any atom is 0.0731 e. The van der Waals surface area contributed by atoms with Crippen molar-refractivity contribution in [3.8, 4) is 0 Å². The fourth-order valence-corrected chi connectivity index (χ4v) is 2.29. The summed E-state index contributed by atoms with van der Waals surface area (Å²) in [5.74, 6) is 0. The molecule has 1 N–H and O–H groups in total. The van der Waals surface area contributed by atoms with Crippen LogP contribution in [-0.2, 0) is 4.74 Å². The van der Waals surface area contributed by atoms with Crippen molar-refractivity contribution in [2.45, 2.75) is 70.6 Å². The number of likely N-dealkylation sites (N-methyl/N-ethyl adjacent to an activating group) is 1. The van der Waals surface area contributed by atoms with Gasteiger partial charge in [0.05, 0.1) is 12.2 Å². The molecule has 0 aliphatic heterocycles. The molecule has 0 amide bonds. The normalized spacial score (nSPS) is 30.0. The van der Waals surface area contributed by atoms with Crippen molar-refractivity contribution in [3.63, 3.8) is 0 Å². The molecular formula is C12H25NO. The van der Waals surface area contributed by atoms with E-state index in [1.54, 1.807) is 0 Å². The molecule has 2 heteroatoms. The van der Waals surface area contributed by atoms with Gasteiger partial charge in [-0.05, 0) is 33.7 Å². The van der Waals surface area contributed by atoms with E-state index in [1.807, 2.05) is 0 Å². The second kappa shape index (κ2) is 6.41. The van der Waals surface area contributed by atoms with Gasteiger partial charge in [-0.15, -0.1) is 0 Å². The Balaban J connectivity index is 2.45. The first-order valence-electron chi connectivity index (χ1n) is 6.06. The molecule has 0 radical (unpaired) electrons. The highest BCUT2D eigenvalue weighted by Crippen LogP contribution is 2.20. The van der Waals surface area contributed by atoms with E-state index in [1.165, 1.54) is 38.5 Å².